The van der Waals surface area contributed by atoms with E-state index >= 15 is 0 Å². The smallest absolute Gasteiger partial charge is 0.144 e. The van der Waals surface area contributed by atoms with Gasteiger partial charge in [0.05, 0.1) is 23.1 Å². The van der Waals surface area contributed by atoms with Crippen LogP contribution >= 0.6 is 11.6 Å². The van der Waals surface area contributed by atoms with E-state index in [1.54, 1.807) is 12.4 Å². The maximum atomic E-state index is 13.0. The number of anilines is 1. The van der Waals surface area contributed by atoms with E-state index in [2.05, 4.69) is 15.3 Å². The summed E-state index contributed by atoms with van der Waals surface area (Å²) in [6, 6.07) is 4.20. The summed E-state index contributed by atoms with van der Waals surface area (Å²) in [6.45, 7) is 3.02. The van der Waals surface area contributed by atoms with Crippen LogP contribution in [0.4, 0.5) is 10.2 Å². The Labute approximate surface area is 115 Å². The van der Waals surface area contributed by atoms with Crippen LogP contribution in [0.5, 0.6) is 5.75 Å². The van der Waals surface area contributed by atoms with E-state index < -0.39 is 5.82 Å². The fourth-order valence-electron chi connectivity index (χ4n) is 1.43. The van der Waals surface area contributed by atoms with Crippen LogP contribution in [0.15, 0.2) is 30.6 Å². The maximum absolute atomic E-state index is 13.0. The van der Waals surface area contributed by atoms with Gasteiger partial charge in [-0.3, -0.25) is 4.98 Å². The zero-order valence-electron chi connectivity index (χ0n) is 10.4. The Bertz CT molecular complexity index is 548. The zero-order valence-corrected chi connectivity index (χ0v) is 11.1. The van der Waals surface area contributed by atoms with Crippen molar-refractivity contribution in [3.05, 3.63) is 47.1 Å². The van der Waals surface area contributed by atoms with Crippen LogP contribution < -0.4 is 10.1 Å². The largest absolute Gasteiger partial charge is 0.487 e. The first kappa shape index (κ1) is 13.5. The molecule has 1 N–H and O–H groups in total. The average Bonchev–Trinajstić information content (AvgIpc) is 2.42. The Morgan fingerprint density at radius 2 is 2.16 bits per heavy atom. The predicted octanol–water partition coefficient (Wildman–Crippen LogP) is 3.28. The molecule has 0 bridgehead atoms. The molecule has 2 aromatic rings. The van der Waals surface area contributed by atoms with Crippen molar-refractivity contribution in [2.75, 3.05) is 11.9 Å². The van der Waals surface area contributed by atoms with Gasteiger partial charge in [0.2, 0.25) is 0 Å². The lowest BCUT2D eigenvalue weighted by molar-refractivity contribution is 0.300. The van der Waals surface area contributed by atoms with Crippen molar-refractivity contribution in [3.8, 4) is 5.75 Å². The Balaban J connectivity index is 1.96. The molecule has 0 spiro atoms. The van der Waals surface area contributed by atoms with Gasteiger partial charge in [-0.15, -0.1) is 0 Å². The Kier molecular flexibility index (Phi) is 4.52. The van der Waals surface area contributed by atoms with Gasteiger partial charge in [0, 0.05) is 12.6 Å². The van der Waals surface area contributed by atoms with Gasteiger partial charge in [-0.05, 0) is 19.1 Å². The standard InChI is InChI=1S/C13H13ClFN3O/c1-2-16-13-7-17-9(6-18-13)8-19-10-3-4-12(15)11(14)5-10/h3-7H,2,8H2,1H3,(H,16,18). The van der Waals surface area contributed by atoms with Gasteiger partial charge in [0.15, 0.2) is 0 Å². The van der Waals surface area contributed by atoms with Crippen molar-refractivity contribution in [2.24, 2.45) is 0 Å². The first-order valence-electron chi connectivity index (χ1n) is 5.81. The molecular weight excluding hydrogens is 269 g/mol. The molecule has 19 heavy (non-hydrogen) atoms. The number of nitrogens with zero attached hydrogens (tertiary/aromatic N) is 2. The Hall–Kier alpha value is -1.88. The molecule has 0 saturated heterocycles. The van der Waals surface area contributed by atoms with Gasteiger partial charge in [-0.2, -0.15) is 0 Å². The van der Waals surface area contributed by atoms with Crippen molar-refractivity contribution < 1.29 is 9.13 Å². The normalized spacial score (nSPS) is 10.3. The van der Waals surface area contributed by atoms with Crippen LogP contribution in [0, 0.1) is 5.82 Å². The number of hydrogen-bond acceptors (Lipinski definition) is 4. The van der Waals surface area contributed by atoms with Crippen LogP contribution in [0.25, 0.3) is 0 Å². The number of rotatable bonds is 5. The third-order valence-corrected chi connectivity index (χ3v) is 2.63. The molecule has 0 saturated carbocycles. The molecule has 100 valence electrons. The van der Waals surface area contributed by atoms with E-state index in [0.717, 1.165) is 12.4 Å². The molecule has 1 aromatic carbocycles. The lowest BCUT2D eigenvalue weighted by atomic mass is 10.3. The van der Waals surface area contributed by atoms with Gasteiger partial charge in [-0.1, -0.05) is 11.6 Å². The SMILES string of the molecule is CCNc1cnc(COc2ccc(F)c(Cl)c2)cn1. The topological polar surface area (TPSA) is 47.0 Å². The van der Waals surface area contributed by atoms with Crippen molar-refractivity contribution in [3.63, 3.8) is 0 Å². The average molecular weight is 282 g/mol. The molecule has 2 rings (SSSR count). The predicted molar refractivity (Wildman–Crippen MR) is 71.9 cm³/mol. The highest BCUT2D eigenvalue weighted by molar-refractivity contribution is 6.30. The highest BCUT2D eigenvalue weighted by Gasteiger charge is 2.03. The van der Waals surface area contributed by atoms with Crippen LogP contribution in [-0.2, 0) is 6.61 Å². The number of aromatic nitrogens is 2. The maximum Gasteiger partial charge on any atom is 0.144 e. The second kappa shape index (κ2) is 6.33. The summed E-state index contributed by atoms with van der Waals surface area (Å²) in [5, 5.41) is 3.08. The van der Waals surface area contributed by atoms with Gasteiger partial charge in [0.1, 0.15) is 24.0 Å². The molecule has 0 fully saturated rings. The molecule has 6 heteroatoms. The van der Waals surface area contributed by atoms with Crippen molar-refractivity contribution in [2.45, 2.75) is 13.5 Å². The quantitative estimate of drug-likeness (QED) is 0.914. The molecule has 4 nitrogen and oxygen atoms in total. The minimum absolute atomic E-state index is 0.0334. The van der Waals surface area contributed by atoms with E-state index in [1.807, 2.05) is 6.92 Å². The fourth-order valence-corrected chi connectivity index (χ4v) is 1.60. The number of halogens is 2. The summed E-state index contributed by atoms with van der Waals surface area (Å²) in [4.78, 5) is 8.37. The van der Waals surface area contributed by atoms with E-state index in [9.17, 15) is 4.39 Å². The monoisotopic (exact) mass is 281 g/mol. The van der Waals surface area contributed by atoms with Crippen molar-refractivity contribution >= 4 is 17.4 Å². The van der Waals surface area contributed by atoms with Crippen LogP contribution in [-0.4, -0.2) is 16.5 Å². The lowest BCUT2D eigenvalue weighted by Crippen LogP contribution is -2.03. The van der Waals surface area contributed by atoms with Crippen LogP contribution in [0.2, 0.25) is 5.02 Å². The van der Waals surface area contributed by atoms with E-state index in [-0.39, 0.29) is 11.6 Å². The third-order valence-electron chi connectivity index (χ3n) is 2.34. The molecule has 0 aliphatic heterocycles. The Morgan fingerprint density at radius 1 is 1.32 bits per heavy atom. The number of benzene rings is 1. The zero-order chi connectivity index (χ0) is 13.7. The summed E-state index contributed by atoms with van der Waals surface area (Å²) in [5.41, 5.74) is 0.683. The number of nitrogens with one attached hydrogen (secondary N) is 1. The second-order valence-corrected chi connectivity index (χ2v) is 4.20. The first-order chi connectivity index (χ1) is 9.19. The summed E-state index contributed by atoms with van der Waals surface area (Å²) >= 11 is 5.66. The summed E-state index contributed by atoms with van der Waals surface area (Å²) < 4.78 is 18.4. The summed E-state index contributed by atoms with van der Waals surface area (Å²) in [5.74, 6) is 0.740. The van der Waals surface area contributed by atoms with Gasteiger partial charge < -0.3 is 10.1 Å². The minimum atomic E-state index is -0.469. The van der Waals surface area contributed by atoms with Crippen LogP contribution in [0.3, 0.4) is 0 Å². The lowest BCUT2D eigenvalue weighted by Gasteiger charge is -2.07. The van der Waals surface area contributed by atoms with Gasteiger partial charge in [-0.25, -0.2) is 9.37 Å². The molecule has 0 radical (unpaired) electrons. The fraction of sp³-hybridized carbons (Fsp3) is 0.231. The molecule has 0 aliphatic rings. The molecular formula is C13H13ClFN3O. The van der Waals surface area contributed by atoms with Crippen molar-refractivity contribution in [1.82, 2.24) is 9.97 Å². The van der Waals surface area contributed by atoms with Gasteiger partial charge in [0.25, 0.3) is 0 Å². The number of ether oxygens (including phenoxy) is 1. The molecule has 0 unspecified atom stereocenters. The molecule has 1 aromatic heterocycles. The van der Waals surface area contributed by atoms with E-state index in [1.165, 1.54) is 18.2 Å². The summed E-state index contributed by atoms with van der Waals surface area (Å²) in [6.07, 6.45) is 3.27. The second-order valence-electron chi connectivity index (χ2n) is 3.79. The van der Waals surface area contributed by atoms with Gasteiger partial charge >= 0.3 is 0 Å². The van der Waals surface area contributed by atoms with Crippen LogP contribution in [0.1, 0.15) is 12.6 Å². The highest BCUT2D eigenvalue weighted by Crippen LogP contribution is 2.21. The summed E-state index contributed by atoms with van der Waals surface area (Å²) in [7, 11) is 0. The molecule has 0 amide bonds. The van der Waals surface area contributed by atoms with E-state index in [0.29, 0.717) is 11.4 Å². The minimum Gasteiger partial charge on any atom is -0.487 e. The van der Waals surface area contributed by atoms with Crippen molar-refractivity contribution in [1.29, 1.82) is 0 Å². The number of hydrogen-bond donors (Lipinski definition) is 1. The third kappa shape index (κ3) is 3.79. The molecule has 0 aliphatic carbocycles. The molecule has 0 atom stereocenters. The first-order valence-corrected chi connectivity index (χ1v) is 6.19. The highest BCUT2D eigenvalue weighted by atomic mass is 35.5. The Morgan fingerprint density at radius 3 is 2.79 bits per heavy atom. The molecule has 1 heterocycles. The van der Waals surface area contributed by atoms with E-state index in [4.69, 9.17) is 16.3 Å².